The van der Waals surface area contributed by atoms with Gasteiger partial charge in [0.1, 0.15) is 0 Å². The largest absolute Gasteiger partial charge is 0.398 e. The quantitative estimate of drug-likeness (QED) is 0.392. The fourth-order valence-corrected chi connectivity index (χ4v) is 4.87. The van der Waals surface area contributed by atoms with E-state index in [2.05, 4.69) is 26.2 Å². The van der Waals surface area contributed by atoms with Crippen LogP contribution in [0.4, 0.5) is 0 Å². The molecule has 0 aliphatic carbocycles. The topological polar surface area (TPSA) is 18.5 Å². The van der Waals surface area contributed by atoms with Crippen LogP contribution in [0.3, 0.4) is 0 Å². The third-order valence-corrected chi connectivity index (χ3v) is 8.51. The zero-order chi connectivity index (χ0) is 14.1. The molecule has 4 heteroatoms. The van der Waals surface area contributed by atoms with Crippen LogP contribution in [0.5, 0.6) is 0 Å². The van der Waals surface area contributed by atoms with Crippen molar-refractivity contribution in [1.29, 1.82) is 0 Å². The van der Waals surface area contributed by atoms with E-state index in [0.717, 1.165) is 6.04 Å². The average molecular weight is 291 g/mol. The first-order chi connectivity index (χ1) is 8.33. The Balaban J connectivity index is 3.36. The SMILES string of the molecule is CO[Si](C)(CCCCCCCC[Si](C)(C)C)OC. The maximum absolute atomic E-state index is 5.49. The molecule has 0 N–H and O–H groups in total. The van der Waals surface area contributed by atoms with Crippen molar-refractivity contribution in [2.75, 3.05) is 14.2 Å². The Morgan fingerprint density at radius 3 is 1.39 bits per heavy atom. The molecule has 0 amide bonds. The predicted molar refractivity (Wildman–Crippen MR) is 86.3 cm³/mol. The smallest absolute Gasteiger partial charge is 0.334 e. The summed E-state index contributed by atoms with van der Waals surface area (Å²) < 4.78 is 11.0. The normalized spacial score (nSPS) is 13.0. The van der Waals surface area contributed by atoms with Crippen molar-refractivity contribution in [2.45, 2.75) is 76.8 Å². The molecule has 0 aromatic carbocycles. The molecule has 0 aliphatic heterocycles. The molecule has 0 heterocycles. The minimum atomic E-state index is -1.79. The van der Waals surface area contributed by atoms with E-state index in [-0.39, 0.29) is 0 Å². The van der Waals surface area contributed by atoms with Gasteiger partial charge in [-0.2, -0.15) is 0 Å². The van der Waals surface area contributed by atoms with E-state index in [0.29, 0.717) is 0 Å². The van der Waals surface area contributed by atoms with Gasteiger partial charge >= 0.3 is 8.56 Å². The second-order valence-corrected chi connectivity index (χ2v) is 15.9. The molecule has 2 nitrogen and oxygen atoms in total. The van der Waals surface area contributed by atoms with Crippen molar-refractivity contribution in [3.8, 4) is 0 Å². The average Bonchev–Trinajstić information content (AvgIpc) is 2.31. The Hall–Kier alpha value is 0.354. The molecule has 0 saturated carbocycles. The van der Waals surface area contributed by atoms with Crippen molar-refractivity contribution >= 4 is 16.6 Å². The molecule has 0 aromatic rings. The molecule has 0 unspecified atom stereocenters. The van der Waals surface area contributed by atoms with Crippen LogP contribution < -0.4 is 0 Å². The summed E-state index contributed by atoms with van der Waals surface area (Å²) in [5.74, 6) is 0. The third kappa shape index (κ3) is 10.3. The van der Waals surface area contributed by atoms with Gasteiger partial charge in [-0.1, -0.05) is 64.2 Å². The van der Waals surface area contributed by atoms with E-state index in [4.69, 9.17) is 8.85 Å². The Morgan fingerprint density at radius 1 is 0.611 bits per heavy atom. The van der Waals surface area contributed by atoms with Crippen LogP contribution in [0.25, 0.3) is 0 Å². The summed E-state index contributed by atoms with van der Waals surface area (Å²) in [5.41, 5.74) is 0. The lowest BCUT2D eigenvalue weighted by molar-refractivity contribution is 0.248. The van der Waals surface area contributed by atoms with Crippen LogP contribution in [-0.4, -0.2) is 30.9 Å². The first-order valence-corrected chi connectivity index (χ1v) is 13.7. The summed E-state index contributed by atoms with van der Waals surface area (Å²) in [6, 6.07) is 2.63. The van der Waals surface area contributed by atoms with Gasteiger partial charge in [-0.3, -0.25) is 0 Å². The van der Waals surface area contributed by atoms with Gasteiger partial charge < -0.3 is 8.85 Å². The highest BCUT2D eigenvalue weighted by molar-refractivity contribution is 6.76. The fraction of sp³-hybridized carbons (Fsp3) is 1.00. The summed E-state index contributed by atoms with van der Waals surface area (Å²) in [6.07, 6.45) is 8.25. The Labute approximate surface area is 117 Å². The molecule has 0 spiro atoms. The standard InChI is InChI=1S/C14H34O2Si2/c1-15-18(6,16-2)14-12-10-8-7-9-11-13-17(3,4)5/h7-14H2,1-6H3. The zero-order valence-corrected chi connectivity index (χ0v) is 15.5. The van der Waals surface area contributed by atoms with Crippen LogP contribution in [0.2, 0.25) is 38.3 Å². The molecule has 0 radical (unpaired) electrons. The number of hydrogen-bond donors (Lipinski definition) is 0. The van der Waals surface area contributed by atoms with Gasteiger partial charge in [0.25, 0.3) is 0 Å². The lowest BCUT2D eigenvalue weighted by Crippen LogP contribution is -2.35. The maximum atomic E-state index is 5.49. The van der Waals surface area contributed by atoms with E-state index in [1.54, 1.807) is 14.2 Å². The summed E-state index contributed by atoms with van der Waals surface area (Å²) in [5, 5.41) is 0. The summed E-state index contributed by atoms with van der Waals surface area (Å²) in [4.78, 5) is 0. The monoisotopic (exact) mass is 290 g/mol. The van der Waals surface area contributed by atoms with Gasteiger partial charge in [0.2, 0.25) is 0 Å². The molecule has 0 saturated heterocycles. The molecular formula is C14H34O2Si2. The lowest BCUT2D eigenvalue weighted by Gasteiger charge is -2.22. The van der Waals surface area contributed by atoms with E-state index < -0.39 is 16.6 Å². The second kappa shape index (κ2) is 9.29. The maximum Gasteiger partial charge on any atom is 0.334 e. The van der Waals surface area contributed by atoms with Gasteiger partial charge in [-0.05, 0) is 12.6 Å². The minimum absolute atomic E-state index is 0.795. The van der Waals surface area contributed by atoms with Crippen LogP contribution in [0.15, 0.2) is 0 Å². The Kier molecular flexibility index (Phi) is 9.47. The van der Waals surface area contributed by atoms with Gasteiger partial charge in [-0.15, -0.1) is 0 Å². The third-order valence-electron chi connectivity index (χ3n) is 3.67. The van der Waals surface area contributed by atoms with E-state index in [9.17, 15) is 0 Å². The van der Waals surface area contributed by atoms with Crippen molar-refractivity contribution in [3.05, 3.63) is 0 Å². The lowest BCUT2D eigenvalue weighted by atomic mass is 10.1. The van der Waals surface area contributed by atoms with E-state index in [1.165, 1.54) is 44.6 Å². The fourth-order valence-electron chi connectivity index (χ4n) is 2.10. The first kappa shape index (κ1) is 18.4. The number of hydrogen-bond acceptors (Lipinski definition) is 2. The van der Waals surface area contributed by atoms with Gasteiger partial charge in [0.05, 0.1) is 0 Å². The van der Waals surface area contributed by atoms with Gasteiger partial charge in [-0.25, -0.2) is 0 Å². The molecular weight excluding hydrogens is 256 g/mol. The zero-order valence-electron chi connectivity index (χ0n) is 13.5. The van der Waals surface area contributed by atoms with Gasteiger partial charge in [0, 0.05) is 22.3 Å². The summed E-state index contributed by atoms with van der Waals surface area (Å²) in [6.45, 7) is 9.55. The Morgan fingerprint density at radius 2 is 1.00 bits per heavy atom. The summed E-state index contributed by atoms with van der Waals surface area (Å²) >= 11 is 0. The highest BCUT2D eigenvalue weighted by Gasteiger charge is 2.27. The van der Waals surface area contributed by atoms with E-state index in [1.807, 2.05) is 0 Å². The minimum Gasteiger partial charge on any atom is -0.398 e. The van der Waals surface area contributed by atoms with Crippen molar-refractivity contribution in [1.82, 2.24) is 0 Å². The van der Waals surface area contributed by atoms with Gasteiger partial charge in [0.15, 0.2) is 0 Å². The van der Waals surface area contributed by atoms with E-state index >= 15 is 0 Å². The number of unbranched alkanes of at least 4 members (excludes halogenated alkanes) is 5. The summed E-state index contributed by atoms with van der Waals surface area (Å²) in [7, 11) is 0.981. The van der Waals surface area contributed by atoms with Crippen molar-refractivity contribution in [3.63, 3.8) is 0 Å². The predicted octanol–water partition coefficient (Wildman–Crippen LogP) is 5.03. The molecule has 0 bridgehead atoms. The molecule has 0 atom stereocenters. The van der Waals surface area contributed by atoms with Crippen LogP contribution in [0, 0.1) is 0 Å². The first-order valence-electron chi connectivity index (χ1n) is 7.43. The number of rotatable bonds is 11. The molecule has 0 fully saturated rings. The van der Waals surface area contributed by atoms with Crippen LogP contribution >= 0.6 is 0 Å². The Bertz CT molecular complexity index is 198. The molecule has 110 valence electrons. The second-order valence-electron chi connectivity index (χ2n) is 6.72. The highest BCUT2D eigenvalue weighted by atomic mass is 28.4. The van der Waals surface area contributed by atoms with Crippen molar-refractivity contribution < 1.29 is 8.85 Å². The molecule has 0 rings (SSSR count). The van der Waals surface area contributed by atoms with Crippen LogP contribution in [-0.2, 0) is 8.85 Å². The highest BCUT2D eigenvalue weighted by Crippen LogP contribution is 2.18. The molecule has 0 aliphatic rings. The van der Waals surface area contributed by atoms with Crippen molar-refractivity contribution in [2.24, 2.45) is 0 Å². The molecule has 0 aromatic heterocycles. The van der Waals surface area contributed by atoms with Crippen LogP contribution in [0.1, 0.15) is 38.5 Å². The molecule has 18 heavy (non-hydrogen) atoms.